The molecule has 0 unspecified atom stereocenters. The third-order valence-corrected chi connectivity index (χ3v) is 3.66. The summed E-state index contributed by atoms with van der Waals surface area (Å²) in [5.74, 6) is 0. The first-order valence-corrected chi connectivity index (χ1v) is 7.13. The zero-order chi connectivity index (χ0) is 11.1. The first-order valence-electron chi connectivity index (χ1n) is 5.22. The van der Waals surface area contributed by atoms with E-state index in [0.29, 0.717) is 0 Å². The molecule has 15 heavy (non-hydrogen) atoms. The standard InChI is InChI=1S/C12H17Br2N/c1-15(9-5-4-8-13)10-11-6-2-3-7-12(11)14/h2-3,6-7H,4-5,8-10H2,1H3. The maximum atomic E-state index is 3.57. The van der Waals surface area contributed by atoms with Gasteiger partial charge in [0.05, 0.1) is 0 Å². The number of hydrogen-bond acceptors (Lipinski definition) is 1. The van der Waals surface area contributed by atoms with Crippen molar-refractivity contribution in [1.29, 1.82) is 0 Å². The summed E-state index contributed by atoms with van der Waals surface area (Å²) in [4.78, 5) is 2.36. The van der Waals surface area contributed by atoms with Gasteiger partial charge < -0.3 is 4.90 Å². The van der Waals surface area contributed by atoms with Crippen molar-refractivity contribution in [2.24, 2.45) is 0 Å². The second kappa shape index (κ2) is 7.42. The van der Waals surface area contributed by atoms with E-state index >= 15 is 0 Å². The molecule has 3 heteroatoms. The van der Waals surface area contributed by atoms with E-state index in [2.05, 4.69) is 68.1 Å². The first-order chi connectivity index (χ1) is 7.24. The van der Waals surface area contributed by atoms with Crippen molar-refractivity contribution in [2.75, 3.05) is 18.9 Å². The quantitative estimate of drug-likeness (QED) is 0.560. The van der Waals surface area contributed by atoms with Crippen LogP contribution in [-0.4, -0.2) is 23.8 Å². The largest absolute Gasteiger partial charge is 0.302 e. The zero-order valence-corrected chi connectivity index (χ0v) is 12.2. The molecule has 1 aromatic rings. The summed E-state index contributed by atoms with van der Waals surface area (Å²) in [6.07, 6.45) is 2.51. The average Bonchev–Trinajstić information content (AvgIpc) is 2.22. The molecule has 0 fully saturated rings. The fourth-order valence-electron chi connectivity index (χ4n) is 1.47. The van der Waals surface area contributed by atoms with Crippen LogP contribution in [0.4, 0.5) is 0 Å². The van der Waals surface area contributed by atoms with Crippen LogP contribution < -0.4 is 0 Å². The molecule has 0 aliphatic rings. The monoisotopic (exact) mass is 333 g/mol. The molecule has 1 aromatic carbocycles. The lowest BCUT2D eigenvalue weighted by atomic mass is 10.2. The van der Waals surface area contributed by atoms with Gasteiger partial charge in [0.25, 0.3) is 0 Å². The van der Waals surface area contributed by atoms with Gasteiger partial charge in [-0.05, 0) is 38.1 Å². The molecule has 0 aromatic heterocycles. The molecule has 0 aliphatic heterocycles. The molecule has 0 N–H and O–H groups in total. The van der Waals surface area contributed by atoms with Crippen LogP contribution in [0.5, 0.6) is 0 Å². The predicted molar refractivity (Wildman–Crippen MR) is 73.5 cm³/mol. The Kier molecular flexibility index (Phi) is 6.53. The smallest absolute Gasteiger partial charge is 0.0241 e. The Morgan fingerprint density at radius 3 is 2.60 bits per heavy atom. The number of rotatable bonds is 6. The van der Waals surface area contributed by atoms with Crippen LogP contribution in [0, 0.1) is 0 Å². The van der Waals surface area contributed by atoms with Gasteiger partial charge in [0.15, 0.2) is 0 Å². The fraction of sp³-hybridized carbons (Fsp3) is 0.500. The van der Waals surface area contributed by atoms with E-state index in [4.69, 9.17) is 0 Å². The molecule has 0 bridgehead atoms. The normalized spacial score (nSPS) is 10.9. The maximum Gasteiger partial charge on any atom is 0.0241 e. The summed E-state index contributed by atoms with van der Waals surface area (Å²) in [5.41, 5.74) is 1.36. The highest BCUT2D eigenvalue weighted by atomic mass is 79.9. The summed E-state index contributed by atoms with van der Waals surface area (Å²) in [7, 11) is 2.17. The highest BCUT2D eigenvalue weighted by molar-refractivity contribution is 9.10. The SMILES string of the molecule is CN(CCCCBr)Cc1ccccc1Br. The molecular formula is C12H17Br2N. The van der Waals surface area contributed by atoms with Crippen molar-refractivity contribution < 1.29 is 0 Å². The number of unbranched alkanes of at least 4 members (excludes halogenated alkanes) is 1. The first kappa shape index (κ1) is 13.2. The predicted octanol–water partition coefficient (Wildman–Crippen LogP) is 4.06. The Labute approximate surface area is 109 Å². The minimum Gasteiger partial charge on any atom is -0.302 e. The summed E-state index contributed by atoms with van der Waals surface area (Å²) in [6, 6.07) is 8.41. The Bertz CT molecular complexity index is 289. The van der Waals surface area contributed by atoms with E-state index in [0.717, 1.165) is 18.4 Å². The summed E-state index contributed by atoms with van der Waals surface area (Å²) in [6.45, 7) is 2.18. The average molecular weight is 335 g/mol. The molecular weight excluding hydrogens is 318 g/mol. The van der Waals surface area contributed by atoms with E-state index in [-0.39, 0.29) is 0 Å². The van der Waals surface area contributed by atoms with Gasteiger partial charge >= 0.3 is 0 Å². The Balaban J connectivity index is 2.37. The van der Waals surface area contributed by atoms with Crippen LogP contribution in [0.2, 0.25) is 0 Å². The Hall–Kier alpha value is 0.140. The molecule has 0 spiro atoms. The molecule has 0 amide bonds. The minimum atomic E-state index is 1.02. The molecule has 0 heterocycles. The zero-order valence-electron chi connectivity index (χ0n) is 9.05. The van der Waals surface area contributed by atoms with Crippen molar-refractivity contribution in [3.8, 4) is 0 Å². The fourth-order valence-corrected chi connectivity index (χ4v) is 2.28. The molecule has 84 valence electrons. The molecule has 1 nitrogen and oxygen atoms in total. The molecule has 0 saturated carbocycles. The van der Waals surface area contributed by atoms with Crippen molar-refractivity contribution in [1.82, 2.24) is 4.90 Å². The van der Waals surface area contributed by atoms with Crippen LogP contribution in [0.25, 0.3) is 0 Å². The Morgan fingerprint density at radius 1 is 1.20 bits per heavy atom. The van der Waals surface area contributed by atoms with Gasteiger partial charge in [-0.25, -0.2) is 0 Å². The lowest BCUT2D eigenvalue weighted by molar-refractivity contribution is 0.321. The van der Waals surface area contributed by atoms with Crippen LogP contribution in [0.1, 0.15) is 18.4 Å². The number of nitrogens with zero attached hydrogens (tertiary/aromatic N) is 1. The van der Waals surface area contributed by atoms with Crippen molar-refractivity contribution in [2.45, 2.75) is 19.4 Å². The number of hydrogen-bond donors (Lipinski definition) is 0. The maximum absolute atomic E-state index is 3.57. The van der Waals surface area contributed by atoms with Crippen molar-refractivity contribution in [3.05, 3.63) is 34.3 Å². The van der Waals surface area contributed by atoms with E-state index in [1.165, 1.54) is 22.9 Å². The second-order valence-corrected chi connectivity index (χ2v) is 5.37. The van der Waals surface area contributed by atoms with Crippen LogP contribution in [-0.2, 0) is 6.54 Å². The highest BCUT2D eigenvalue weighted by Crippen LogP contribution is 2.17. The van der Waals surface area contributed by atoms with Gasteiger partial charge in [0, 0.05) is 16.3 Å². The van der Waals surface area contributed by atoms with E-state index < -0.39 is 0 Å². The third kappa shape index (κ3) is 5.14. The summed E-state index contributed by atoms with van der Waals surface area (Å²) in [5, 5.41) is 1.11. The highest BCUT2D eigenvalue weighted by Gasteiger charge is 2.02. The van der Waals surface area contributed by atoms with E-state index in [1.807, 2.05) is 0 Å². The summed E-state index contributed by atoms with van der Waals surface area (Å²) >= 11 is 7.02. The van der Waals surface area contributed by atoms with Crippen LogP contribution in [0.15, 0.2) is 28.7 Å². The van der Waals surface area contributed by atoms with Crippen molar-refractivity contribution in [3.63, 3.8) is 0 Å². The molecule has 0 saturated heterocycles. The van der Waals surface area contributed by atoms with Gasteiger partial charge in [0.2, 0.25) is 0 Å². The van der Waals surface area contributed by atoms with Gasteiger partial charge in [-0.1, -0.05) is 50.1 Å². The van der Waals surface area contributed by atoms with Gasteiger partial charge in [-0.2, -0.15) is 0 Å². The van der Waals surface area contributed by atoms with Crippen LogP contribution in [0.3, 0.4) is 0 Å². The number of benzene rings is 1. The molecule has 0 radical (unpaired) electrons. The van der Waals surface area contributed by atoms with Gasteiger partial charge in [-0.3, -0.25) is 0 Å². The second-order valence-electron chi connectivity index (χ2n) is 3.73. The number of alkyl halides is 1. The summed E-state index contributed by atoms with van der Waals surface area (Å²) < 4.78 is 1.21. The molecule has 0 aliphatic carbocycles. The van der Waals surface area contributed by atoms with Crippen LogP contribution >= 0.6 is 31.9 Å². The lowest BCUT2D eigenvalue weighted by Gasteiger charge is -2.17. The topological polar surface area (TPSA) is 3.24 Å². The lowest BCUT2D eigenvalue weighted by Crippen LogP contribution is -2.19. The van der Waals surface area contributed by atoms with E-state index in [1.54, 1.807) is 0 Å². The van der Waals surface area contributed by atoms with Crippen molar-refractivity contribution >= 4 is 31.9 Å². The van der Waals surface area contributed by atoms with Gasteiger partial charge in [0.1, 0.15) is 0 Å². The van der Waals surface area contributed by atoms with E-state index in [9.17, 15) is 0 Å². The minimum absolute atomic E-state index is 1.02. The third-order valence-electron chi connectivity index (χ3n) is 2.32. The number of halogens is 2. The molecule has 0 atom stereocenters. The Morgan fingerprint density at radius 2 is 1.93 bits per heavy atom. The molecule has 1 rings (SSSR count). The van der Waals surface area contributed by atoms with Gasteiger partial charge in [-0.15, -0.1) is 0 Å².